The normalized spacial score (nSPS) is 10.6. The number of anilines is 1. The molecule has 3 rings (SSSR count). The van der Waals surface area contributed by atoms with Crippen molar-refractivity contribution in [2.45, 2.75) is 6.42 Å². The van der Waals surface area contributed by atoms with Gasteiger partial charge in [-0.05, 0) is 36.2 Å². The summed E-state index contributed by atoms with van der Waals surface area (Å²) in [6.45, 7) is 3.85. The van der Waals surface area contributed by atoms with Crippen LogP contribution in [0.15, 0.2) is 48.7 Å². The molecule has 0 aliphatic carbocycles. The summed E-state index contributed by atoms with van der Waals surface area (Å²) < 4.78 is 5.27. The van der Waals surface area contributed by atoms with Crippen molar-refractivity contribution in [1.82, 2.24) is 4.98 Å². The lowest BCUT2D eigenvalue weighted by Gasteiger charge is -2.10. The van der Waals surface area contributed by atoms with Crippen molar-refractivity contribution in [3.63, 3.8) is 0 Å². The second-order valence-corrected chi connectivity index (χ2v) is 5.12. The maximum atomic E-state index is 12.3. The Kier molecular flexibility index (Phi) is 3.83. The van der Waals surface area contributed by atoms with Gasteiger partial charge in [0.1, 0.15) is 5.75 Å². The predicted molar refractivity (Wildman–Crippen MR) is 88.1 cm³/mol. The molecule has 1 aromatic heterocycles. The third-order valence-corrected chi connectivity index (χ3v) is 3.57. The van der Waals surface area contributed by atoms with E-state index in [0.717, 1.165) is 22.0 Å². The predicted octanol–water partition coefficient (Wildman–Crippen LogP) is 3.54. The first-order valence-electron chi connectivity index (χ1n) is 7.02. The molecule has 0 unspecified atom stereocenters. The number of aromatic nitrogens is 1. The minimum atomic E-state index is -0.0835. The van der Waals surface area contributed by atoms with Gasteiger partial charge >= 0.3 is 0 Å². The van der Waals surface area contributed by atoms with E-state index in [0.29, 0.717) is 17.9 Å². The molecule has 22 heavy (non-hydrogen) atoms. The molecule has 0 saturated carbocycles. The first-order chi connectivity index (χ1) is 10.7. The number of H-pyrrole nitrogens is 1. The van der Waals surface area contributed by atoms with E-state index in [9.17, 15) is 4.79 Å². The Balaban J connectivity index is 1.78. The highest BCUT2D eigenvalue weighted by molar-refractivity contribution is 5.96. The van der Waals surface area contributed by atoms with Gasteiger partial charge in [-0.1, -0.05) is 24.3 Å². The monoisotopic (exact) mass is 293 g/mol. The summed E-state index contributed by atoms with van der Waals surface area (Å²) >= 11 is 0. The van der Waals surface area contributed by atoms with Gasteiger partial charge < -0.3 is 15.0 Å². The van der Waals surface area contributed by atoms with E-state index < -0.39 is 0 Å². The molecule has 1 radical (unpaired) electrons. The van der Waals surface area contributed by atoms with E-state index in [2.05, 4.69) is 17.2 Å². The van der Waals surface area contributed by atoms with Gasteiger partial charge in [-0.25, -0.2) is 0 Å². The van der Waals surface area contributed by atoms with Crippen LogP contribution in [0.4, 0.5) is 5.69 Å². The number of ether oxygens (including phenoxy) is 1. The zero-order chi connectivity index (χ0) is 15.5. The number of hydrogen-bond donors (Lipinski definition) is 2. The number of hydrogen-bond acceptors (Lipinski definition) is 2. The van der Waals surface area contributed by atoms with Crippen molar-refractivity contribution in [2.75, 3.05) is 12.4 Å². The molecule has 0 bridgehead atoms. The largest absolute Gasteiger partial charge is 0.495 e. The van der Waals surface area contributed by atoms with Gasteiger partial charge in [-0.2, -0.15) is 0 Å². The van der Waals surface area contributed by atoms with Crippen molar-refractivity contribution in [2.24, 2.45) is 0 Å². The van der Waals surface area contributed by atoms with Gasteiger partial charge in [0.15, 0.2) is 0 Å². The van der Waals surface area contributed by atoms with Gasteiger partial charge in [0.05, 0.1) is 19.2 Å². The maximum absolute atomic E-state index is 12.3. The number of rotatable bonds is 4. The standard InChI is InChI=1S/C18H17N2O2/c1-12-7-8-16(17(9-12)22-2)20-18(21)10-13-11-19-15-6-4-3-5-14(13)15/h3-9,11,19H,1,10H2,2H3,(H,20,21). The van der Waals surface area contributed by atoms with E-state index >= 15 is 0 Å². The molecule has 1 amide bonds. The summed E-state index contributed by atoms with van der Waals surface area (Å²) in [6, 6.07) is 13.4. The van der Waals surface area contributed by atoms with E-state index in [-0.39, 0.29) is 5.91 Å². The number of carbonyl (C=O) groups excluding carboxylic acids is 1. The van der Waals surface area contributed by atoms with Gasteiger partial charge in [0, 0.05) is 17.1 Å². The van der Waals surface area contributed by atoms with Crippen molar-refractivity contribution >= 4 is 22.5 Å². The Morgan fingerprint density at radius 1 is 1.27 bits per heavy atom. The fraction of sp³-hybridized carbons (Fsp3) is 0.111. The highest BCUT2D eigenvalue weighted by atomic mass is 16.5. The number of aromatic amines is 1. The summed E-state index contributed by atoms with van der Waals surface area (Å²) in [5.41, 5.74) is 3.50. The van der Waals surface area contributed by atoms with Crippen LogP contribution in [0.1, 0.15) is 11.1 Å². The summed E-state index contributed by atoms with van der Waals surface area (Å²) in [6.07, 6.45) is 2.18. The summed E-state index contributed by atoms with van der Waals surface area (Å²) in [7, 11) is 1.57. The van der Waals surface area contributed by atoms with Crippen molar-refractivity contribution in [3.05, 3.63) is 66.7 Å². The SMILES string of the molecule is [CH2]c1ccc(NC(=O)Cc2c[nH]c3ccccc23)c(OC)c1. The van der Waals surface area contributed by atoms with Crippen LogP contribution >= 0.6 is 0 Å². The molecular weight excluding hydrogens is 276 g/mol. The number of para-hydroxylation sites is 1. The number of fused-ring (bicyclic) bond motifs is 1. The maximum Gasteiger partial charge on any atom is 0.228 e. The Bertz CT molecular complexity index is 821. The zero-order valence-corrected chi connectivity index (χ0v) is 12.3. The van der Waals surface area contributed by atoms with Crippen LogP contribution in [0, 0.1) is 6.92 Å². The van der Waals surface area contributed by atoms with Crippen molar-refractivity contribution in [3.8, 4) is 5.75 Å². The Morgan fingerprint density at radius 2 is 2.09 bits per heavy atom. The van der Waals surface area contributed by atoms with Crippen LogP contribution in [-0.2, 0) is 11.2 Å². The summed E-state index contributed by atoms with van der Waals surface area (Å²) in [4.78, 5) is 15.5. The number of methoxy groups -OCH3 is 1. The van der Waals surface area contributed by atoms with Crippen LogP contribution in [0.5, 0.6) is 5.75 Å². The average Bonchev–Trinajstić information content (AvgIpc) is 2.92. The van der Waals surface area contributed by atoms with Gasteiger partial charge in [-0.15, -0.1) is 0 Å². The molecule has 0 aliphatic heterocycles. The Hall–Kier alpha value is -2.75. The van der Waals surface area contributed by atoms with Gasteiger partial charge in [0.2, 0.25) is 5.91 Å². The molecule has 0 saturated heterocycles. The highest BCUT2D eigenvalue weighted by Gasteiger charge is 2.11. The lowest BCUT2D eigenvalue weighted by atomic mass is 10.1. The fourth-order valence-corrected chi connectivity index (χ4v) is 2.48. The second-order valence-electron chi connectivity index (χ2n) is 5.12. The summed E-state index contributed by atoms with van der Waals surface area (Å²) in [5.74, 6) is 0.527. The molecule has 0 spiro atoms. The lowest BCUT2D eigenvalue weighted by molar-refractivity contribution is -0.115. The number of benzene rings is 2. The zero-order valence-electron chi connectivity index (χ0n) is 12.3. The van der Waals surface area contributed by atoms with Crippen LogP contribution in [-0.4, -0.2) is 18.0 Å². The van der Waals surface area contributed by atoms with Crippen LogP contribution < -0.4 is 10.1 Å². The molecule has 0 atom stereocenters. The lowest BCUT2D eigenvalue weighted by Crippen LogP contribution is -2.14. The van der Waals surface area contributed by atoms with E-state index in [1.165, 1.54) is 0 Å². The van der Waals surface area contributed by atoms with Gasteiger partial charge in [-0.3, -0.25) is 4.79 Å². The van der Waals surface area contributed by atoms with Crippen LogP contribution in [0.25, 0.3) is 10.9 Å². The number of amides is 1. The highest BCUT2D eigenvalue weighted by Crippen LogP contribution is 2.26. The first kappa shape index (κ1) is 14.2. The van der Waals surface area contributed by atoms with E-state index in [1.807, 2.05) is 36.5 Å². The van der Waals surface area contributed by atoms with Gasteiger partial charge in [0.25, 0.3) is 0 Å². The number of nitrogens with one attached hydrogen (secondary N) is 2. The first-order valence-corrected chi connectivity index (χ1v) is 7.02. The third kappa shape index (κ3) is 2.81. The van der Waals surface area contributed by atoms with Crippen LogP contribution in [0.3, 0.4) is 0 Å². The molecule has 111 valence electrons. The molecular formula is C18H17N2O2. The van der Waals surface area contributed by atoms with Crippen LogP contribution in [0.2, 0.25) is 0 Å². The quantitative estimate of drug-likeness (QED) is 0.773. The molecule has 4 nitrogen and oxygen atoms in total. The smallest absolute Gasteiger partial charge is 0.228 e. The van der Waals surface area contributed by atoms with Crippen molar-refractivity contribution in [1.29, 1.82) is 0 Å². The Morgan fingerprint density at radius 3 is 2.91 bits per heavy atom. The molecule has 0 fully saturated rings. The Labute approximate surface area is 129 Å². The molecule has 0 aliphatic rings. The minimum absolute atomic E-state index is 0.0835. The minimum Gasteiger partial charge on any atom is -0.495 e. The second kappa shape index (κ2) is 5.93. The average molecular weight is 293 g/mol. The fourth-order valence-electron chi connectivity index (χ4n) is 2.48. The van der Waals surface area contributed by atoms with E-state index in [1.54, 1.807) is 19.2 Å². The molecule has 2 aromatic carbocycles. The summed E-state index contributed by atoms with van der Waals surface area (Å²) in [5, 5.41) is 3.95. The molecule has 4 heteroatoms. The topological polar surface area (TPSA) is 54.1 Å². The number of carbonyl (C=O) groups is 1. The molecule has 3 aromatic rings. The molecule has 2 N–H and O–H groups in total. The third-order valence-electron chi connectivity index (χ3n) is 3.57. The van der Waals surface area contributed by atoms with Crippen molar-refractivity contribution < 1.29 is 9.53 Å². The van der Waals surface area contributed by atoms with E-state index in [4.69, 9.17) is 4.74 Å². The molecule has 1 heterocycles.